The van der Waals surface area contributed by atoms with Gasteiger partial charge in [-0.1, -0.05) is 62.4 Å². The molecule has 0 aromatic heterocycles. The Morgan fingerprint density at radius 2 is 1.76 bits per heavy atom. The molecule has 1 heterocycles. The summed E-state index contributed by atoms with van der Waals surface area (Å²) in [4.78, 5) is 40.6. The van der Waals surface area contributed by atoms with Crippen molar-refractivity contribution >= 4 is 23.6 Å². The SMILES string of the molecule is COc1cccc(C(=O)Nc2cccc([C@@H]3OC(=O)N(Cc4ccccc4)[C@@H]3C(=O)NCC(C)C)c2)c1. The van der Waals surface area contributed by atoms with Crippen LogP contribution in [0.1, 0.15) is 41.4 Å². The number of ether oxygens (including phenoxy) is 2. The van der Waals surface area contributed by atoms with Gasteiger partial charge in [0.25, 0.3) is 5.91 Å². The van der Waals surface area contributed by atoms with E-state index in [2.05, 4.69) is 10.6 Å². The van der Waals surface area contributed by atoms with Gasteiger partial charge in [-0.05, 0) is 47.4 Å². The second-order valence-corrected chi connectivity index (χ2v) is 9.31. The molecule has 8 nitrogen and oxygen atoms in total. The van der Waals surface area contributed by atoms with Crippen molar-refractivity contribution in [1.82, 2.24) is 10.2 Å². The molecule has 8 heteroatoms. The molecule has 37 heavy (non-hydrogen) atoms. The largest absolute Gasteiger partial charge is 0.497 e. The van der Waals surface area contributed by atoms with Crippen molar-refractivity contribution in [2.24, 2.45) is 5.92 Å². The molecule has 1 saturated heterocycles. The Morgan fingerprint density at radius 1 is 1.00 bits per heavy atom. The Labute approximate surface area is 216 Å². The standard InChI is InChI=1S/C29H31N3O5/c1-19(2)17-30-28(34)25-26(37-29(35)32(25)18-20-9-5-4-6-10-20)21-11-7-13-23(15-21)31-27(33)22-12-8-14-24(16-22)36-3/h4-16,19,25-26H,17-18H2,1-3H3,(H,30,34)(H,31,33)/t25-,26-/m0/s1. The Kier molecular flexibility index (Phi) is 8.08. The lowest BCUT2D eigenvalue weighted by Gasteiger charge is -2.25. The average Bonchev–Trinajstić information content (AvgIpc) is 3.23. The van der Waals surface area contributed by atoms with Crippen LogP contribution in [-0.2, 0) is 16.1 Å². The number of benzene rings is 3. The lowest BCUT2D eigenvalue weighted by atomic mass is 9.99. The molecule has 0 saturated carbocycles. The molecule has 4 rings (SSSR count). The molecule has 1 fully saturated rings. The number of carbonyl (C=O) groups is 3. The fraction of sp³-hybridized carbons (Fsp3) is 0.276. The maximum atomic E-state index is 13.3. The van der Waals surface area contributed by atoms with Gasteiger partial charge in [0, 0.05) is 17.8 Å². The maximum Gasteiger partial charge on any atom is 0.411 e. The lowest BCUT2D eigenvalue weighted by molar-refractivity contribution is -0.126. The van der Waals surface area contributed by atoms with Crippen molar-refractivity contribution in [3.8, 4) is 5.75 Å². The van der Waals surface area contributed by atoms with Gasteiger partial charge in [0.05, 0.1) is 13.7 Å². The van der Waals surface area contributed by atoms with Gasteiger partial charge >= 0.3 is 6.09 Å². The van der Waals surface area contributed by atoms with Gasteiger partial charge < -0.3 is 20.1 Å². The van der Waals surface area contributed by atoms with Crippen molar-refractivity contribution < 1.29 is 23.9 Å². The molecule has 1 aliphatic rings. The number of anilines is 1. The molecule has 3 aromatic carbocycles. The van der Waals surface area contributed by atoms with Gasteiger partial charge in [0.1, 0.15) is 5.75 Å². The highest BCUT2D eigenvalue weighted by Gasteiger charge is 2.47. The first-order chi connectivity index (χ1) is 17.9. The zero-order chi connectivity index (χ0) is 26.4. The van der Waals surface area contributed by atoms with Gasteiger partial charge in [-0.15, -0.1) is 0 Å². The van der Waals surface area contributed by atoms with E-state index in [-0.39, 0.29) is 24.3 Å². The van der Waals surface area contributed by atoms with Gasteiger partial charge in [0.15, 0.2) is 12.1 Å². The molecule has 0 aliphatic carbocycles. The zero-order valence-electron chi connectivity index (χ0n) is 21.1. The number of nitrogens with one attached hydrogen (secondary N) is 2. The number of rotatable bonds is 9. The molecular formula is C29H31N3O5. The van der Waals surface area contributed by atoms with E-state index < -0.39 is 18.2 Å². The molecule has 0 unspecified atom stereocenters. The summed E-state index contributed by atoms with van der Waals surface area (Å²) < 4.78 is 10.9. The third-order valence-corrected chi connectivity index (χ3v) is 6.04. The van der Waals surface area contributed by atoms with E-state index in [0.29, 0.717) is 29.1 Å². The van der Waals surface area contributed by atoms with E-state index in [0.717, 1.165) is 5.56 Å². The Balaban J connectivity index is 1.59. The van der Waals surface area contributed by atoms with E-state index in [1.54, 1.807) is 48.5 Å². The highest BCUT2D eigenvalue weighted by molar-refractivity contribution is 6.04. The van der Waals surface area contributed by atoms with Crippen LogP contribution in [0.15, 0.2) is 78.9 Å². The second kappa shape index (κ2) is 11.6. The molecule has 0 bridgehead atoms. The molecule has 1 aliphatic heterocycles. The minimum absolute atomic E-state index is 0.238. The van der Waals surface area contributed by atoms with E-state index in [1.807, 2.05) is 44.2 Å². The molecular weight excluding hydrogens is 470 g/mol. The van der Waals surface area contributed by atoms with E-state index in [9.17, 15) is 14.4 Å². The number of hydrogen-bond donors (Lipinski definition) is 2. The first-order valence-electron chi connectivity index (χ1n) is 12.2. The molecule has 3 aromatic rings. The number of cyclic esters (lactones) is 1. The highest BCUT2D eigenvalue weighted by Crippen LogP contribution is 2.35. The van der Waals surface area contributed by atoms with Crippen LogP contribution in [0, 0.1) is 5.92 Å². The van der Waals surface area contributed by atoms with Gasteiger partial charge in [-0.3, -0.25) is 14.5 Å². The van der Waals surface area contributed by atoms with Crippen LogP contribution in [0.4, 0.5) is 10.5 Å². The summed E-state index contributed by atoms with van der Waals surface area (Å²) in [7, 11) is 1.54. The van der Waals surface area contributed by atoms with E-state index >= 15 is 0 Å². The fourth-order valence-corrected chi connectivity index (χ4v) is 4.16. The summed E-state index contributed by atoms with van der Waals surface area (Å²) in [6, 6.07) is 22.5. The normalized spacial score (nSPS) is 16.9. The number of methoxy groups -OCH3 is 1. The highest BCUT2D eigenvalue weighted by atomic mass is 16.6. The predicted molar refractivity (Wildman–Crippen MR) is 140 cm³/mol. The Hall–Kier alpha value is -4.33. The lowest BCUT2D eigenvalue weighted by Crippen LogP contribution is -2.47. The van der Waals surface area contributed by atoms with Crippen molar-refractivity contribution in [3.63, 3.8) is 0 Å². The monoisotopic (exact) mass is 501 g/mol. The summed E-state index contributed by atoms with van der Waals surface area (Å²) in [5, 5.41) is 5.82. The molecule has 0 radical (unpaired) electrons. The summed E-state index contributed by atoms with van der Waals surface area (Å²) in [6.45, 7) is 4.73. The molecule has 2 N–H and O–H groups in total. The van der Waals surface area contributed by atoms with Crippen molar-refractivity contribution in [2.75, 3.05) is 19.0 Å². The number of amides is 3. The number of nitrogens with zero attached hydrogens (tertiary/aromatic N) is 1. The van der Waals surface area contributed by atoms with Crippen LogP contribution < -0.4 is 15.4 Å². The van der Waals surface area contributed by atoms with Crippen LogP contribution in [-0.4, -0.2) is 42.5 Å². The first kappa shape index (κ1) is 25.8. The van der Waals surface area contributed by atoms with Crippen LogP contribution in [0.5, 0.6) is 5.75 Å². The summed E-state index contributed by atoms with van der Waals surface area (Å²) in [6.07, 6.45) is -1.40. The van der Waals surface area contributed by atoms with E-state index in [1.165, 1.54) is 12.0 Å². The Bertz CT molecular complexity index is 1260. The fourth-order valence-electron chi connectivity index (χ4n) is 4.16. The van der Waals surface area contributed by atoms with E-state index in [4.69, 9.17) is 9.47 Å². The minimum atomic E-state index is -0.865. The van der Waals surface area contributed by atoms with Crippen molar-refractivity contribution in [2.45, 2.75) is 32.5 Å². The predicted octanol–water partition coefficient (Wildman–Crippen LogP) is 4.78. The third kappa shape index (κ3) is 6.27. The summed E-state index contributed by atoms with van der Waals surface area (Å²) in [5.41, 5.74) is 2.46. The summed E-state index contributed by atoms with van der Waals surface area (Å²) in [5.74, 6) is 0.230. The first-order valence-corrected chi connectivity index (χ1v) is 12.2. The van der Waals surface area contributed by atoms with Gasteiger partial charge in [-0.25, -0.2) is 4.79 Å². The molecule has 2 atom stereocenters. The van der Waals surface area contributed by atoms with Gasteiger partial charge in [0.2, 0.25) is 5.91 Å². The Morgan fingerprint density at radius 3 is 2.49 bits per heavy atom. The van der Waals surface area contributed by atoms with Crippen LogP contribution in [0.25, 0.3) is 0 Å². The quantitative estimate of drug-likeness (QED) is 0.440. The topological polar surface area (TPSA) is 97.0 Å². The maximum absolute atomic E-state index is 13.3. The molecule has 192 valence electrons. The zero-order valence-corrected chi connectivity index (χ0v) is 21.1. The van der Waals surface area contributed by atoms with Crippen molar-refractivity contribution in [1.29, 1.82) is 0 Å². The number of hydrogen-bond acceptors (Lipinski definition) is 5. The smallest absolute Gasteiger partial charge is 0.411 e. The van der Waals surface area contributed by atoms with Crippen LogP contribution in [0.2, 0.25) is 0 Å². The minimum Gasteiger partial charge on any atom is -0.497 e. The molecule has 3 amide bonds. The average molecular weight is 502 g/mol. The second-order valence-electron chi connectivity index (χ2n) is 9.31. The van der Waals surface area contributed by atoms with Crippen LogP contribution in [0.3, 0.4) is 0 Å². The van der Waals surface area contributed by atoms with Gasteiger partial charge in [-0.2, -0.15) is 0 Å². The number of carbonyl (C=O) groups excluding carboxylic acids is 3. The van der Waals surface area contributed by atoms with Crippen LogP contribution >= 0.6 is 0 Å². The third-order valence-electron chi connectivity index (χ3n) is 6.04. The molecule has 0 spiro atoms. The van der Waals surface area contributed by atoms with Crippen molar-refractivity contribution in [3.05, 3.63) is 95.6 Å². The summed E-state index contributed by atoms with van der Waals surface area (Å²) >= 11 is 0.